The average Bonchev–Trinajstić information content (AvgIpc) is 2.16. The van der Waals surface area contributed by atoms with Crippen LogP contribution in [0.4, 0.5) is 4.39 Å². The zero-order chi connectivity index (χ0) is 10.9. The molecule has 1 aliphatic heterocycles. The minimum Gasteiger partial charge on any atom is -0.494 e. The fourth-order valence-electron chi connectivity index (χ4n) is 1.74. The average molecular weight is 211 g/mol. The summed E-state index contributed by atoms with van der Waals surface area (Å²) in [5.74, 6) is -0.150. The van der Waals surface area contributed by atoms with E-state index >= 15 is 0 Å². The third-order valence-corrected chi connectivity index (χ3v) is 2.66. The van der Waals surface area contributed by atoms with E-state index in [1.54, 1.807) is 12.1 Å². The predicted molar refractivity (Wildman–Crippen MR) is 54.5 cm³/mol. The van der Waals surface area contributed by atoms with Crippen molar-refractivity contribution in [2.45, 2.75) is 12.0 Å². The minimum atomic E-state index is -0.707. The van der Waals surface area contributed by atoms with Crippen LogP contribution in [-0.4, -0.2) is 30.9 Å². The van der Waals surface area contributed by atoms with Gasteiger partial charge < -0.3 is 15.2 Å². The Labute approximate surface area is 87.9 Å². The number of rotatable bonds is 3. The molecule has 0 aliphatic carbocycles. The van der Waals surface area contributed by atoms with Gasteiger partial charge >= 0.3 is 0 Å². The highest BCUT2D eigenvalue weighted by Gasteiger charge is 2.34. The smallest absolute Gasteiger partial charge is 0.165 e. The Bertz CT molecular complexity index is 364. The van der Waals surface area contributed by atoms with Crippen LogP contribution >= 0.6 is 0 Å². The number of hydrogen-bond donors (Lipinski definition) is 2. The lowest BCUT2D eigenvalue weighted by molar-refractivity contribution is -0.00907. The van der Waals surface area contributed by atoms with Gasteiger partial charge in [0.2, 0.25) is 0 Å². The first-order chi connectivity index (χ1) is 7.13. The van der Waals surface area contributed by atoms with Crippen LogP contribution in [0.2, 0.25) is 0 Å². The molecule has 2 N–H and O–H groups in total. The summed E-state index contributed by atoms with van der Waals surface area (Å²) >= 11 is 0. The van der Waals surface area contributed by atoms with Gasteiger partial charge in [0.1, 0.15) is 0 Å². The number of hydrogen-bond acceptors (Lipinski definition) is 3. The second-order valence-corrected chi connectivity index (χ2v) is 3.97. The molecule has 1 fully saturated rings. The van der Waals surface area contributed by atoms with Gasteiger partial charge in [-0.2, -0.15) is 0 Å². The highest BCUT2D eigenvalue weighted by molar-refractivity contribution is 5.30. The summed E-state index contributed by atoms with van der Waals surface area (Å²) in [6.07, 6.45) is 0.473. The van der Waals surface area contributed by atoms with Crippen molar-refractivity contribution in [3.8, 4) is 5.75 Å². The first-order valence-electron chi connectivity index (χ1n) is 4.88. The molecule has 0 aromatic heterocycles. The Hall–Kier alpha value is -1.13. The molecule has 1 aromatic rings. The molecule has 0 unspecified atom stereocenters. The third-order valence-electron chi connectivity index (χ3n) is 2.66. The van der Waals surface area contributed by atoms with Gasteiger partial charge in [-0.05, 0) is 17.7 Å². The van der Waals surface area contributed by atoms with Gasteiger partial charge in [-0.25, -0.2) is 4.39 Å². The first kappa shape index (κ1) is 10.4. The van der Waals surface area contributed by atoms with Crippen molar-refractivity contribution in [1.82, 2.24) is 5.32 Å². The highest BCUT2D eigenvalue weighted by atomic mass is 19.1. The summed E-state index contributed by atoms with van der Waals surface area (Å²) in [5.41, 5.74) is 0.0819. The number of benzene rings is 1. The first-order valence-corrected chi connectivity index (χ1v) is 4.88. The van der Waals surface area contributed by atoms with Gasteiger partial charge in [-0.1, -0.05) is 6.07 Å². The molecule has 0 atom stereocenters. The molecular formula is C11H14FNO2. The Morgan fingerprint density at radius 3 is 2.73 bits per heavy atom. The quantitative estimate of drug-likeness (QED) is 0.773. The summed E-state index contributed by atoms with van der Waals surface area (Å²) in [6, 6.07) is 4.77. The van der Waals surface area contributed by atoms with Crippen LogP contribution in [0.3, 0.4) is 0 Å². The van der Waals surface area contributed by atoms with E-state index in [-0.39, 0.29) is 11.6 Å². The Morgan fingerprint density at radius 1 is 1.53 bits per heavy atom. The van der Waals surface area contributed by atoms with Crippen LogP contribution < -0.4 is 10.1 Å². The molecule has 3 nitrogen and oxygen atoms in total. The second kappa shape index (κ2) is 3.79. The number of aliphatic hydroxyl groups is 1. The standard InChI is InChI=1S/C11H14FNO2/c1-15-10-3-2-8(4-9(10)12)5-11(14)6-13-7-11/h2-4,13-14H,5-7H2,1H3. The Balaban J connectivity index is 2.12. The fourth-order valence-corrected chi connectivity index (χ4v) is 1.74. The van der Waals surface area contributed by atoms with Gasteiger partial charge in [-0.3, -0.25) is 0 Å². The van der Waals surface area contributed by atoms with Crippen molar-refractivity contribution in [3.05, 3.63) is 29.6 Å². The molecule has 0 amide bonds. The third kappa shape index (κ3) is 2.11. The maximum absolute atomic E-state index is 13.3. The van der Waals surface area contributed by atoms with Crippen LogP contribution in [-0.2, 0) is 6.42 Å². The van der Waals surface area contributed by atoms with Crippen molar-refractivity contribution in [2.24, 2.45) is 0 Å². The Morgan fingerprint density at radius 2 is 2.27 bits per heavy atom. The summed E-state index contributed by atoms with van der Waals surface area (Å²) in [5, 5.41) is 12.9. The zero-order valence-corrected chi connectivity index (χ0v) is 8.59. The van der Waals surface area contributed by atoms with E-state index in [9.17, 15) is 9.50 Å². The molecule has 0 radical (unpaired) electrons. The van der Waals surface area contributed by atoms with Crippen LogP contribution in [0.15, 0.2) is 18.2 Å². The number of nitrogens with one attached hydrogen (secondary N) is 1. The van der Waals surface area contributed by atoms with Crippen LogP contribution in [0.25, 0.3) is 0 Å². The van der Waals surface area contributed by atoms with Crippen LogP contribution in [0, 0.1) is 5.82 Å². The zero-order valence-electron chi connectivity index (χ0n) is 8.59. The molecule has 2 rings (SSSR count). The minimum absolute atomic E-state index is 0.234. The highest BCUT2D eigenvalue weighted by Crippen LogP contribution is 2.22. The van der Waals surface area contributed by atoms with Crippen molar-refractivity contribution in [1.29, 1.82) is 0 Å². The summed E-state index contributed by atoms with van der Waals surface area (Å²) in [7, 11) is 1.43. The van der Waals surface area contributed by atoms with E-state index in [1.165, 1.54) is 13.2 Å². The lowest BCUT2D eigenvalue weighted by Crippen LogP contribution is -2.60. The molecule has 0 bridgehead atoms. The number of ether oxygens (including phenoxy) is 1. The van der Waals surface area contributed by atoms with E-state index < -0.39 is 5.60 Å². The van der Waals surface area contributed by atoms with Crippen molar-refractivity contribution >= 4 is 0 Å². The molecule has 0 spiro atoms. The summed E-state index contributed by atoms with van der Waals surface area (Å²) < 4.78 is 18.1. The molecule has 4 heteroatoms. The molecule has 1 aliphatic rings. The predicted octanol–water partition coefficient (Wildman–Crippen LogP) is 0.711. The molecule has 1 heterocycles. The normalized spacial score (nSPS) is 18.3. The van der Waals surface area contributed by atoms with Crippen molar-refractivity contribution in [3.63, 3.8) is 0 Å². The molecule has 0 saturated carbocycles. The number of methoxy groups -OCH3 is 1. The summed E-state index contributed by atoms with van der Waals surface area (Å²) in [4.78, 5) is 0. The van der Waals surface area contributed by atoms with Gasteiger partial charge in [0, 0.05) is 19.5 Å². The van der Waals surface area contributed by atoms with E-state index in [2.05, 4.69) is 5.32 Å². The van der Waals surface area contributed by atoms with Gasteiger partial charge in [-0.15, -0.1) is 0 Å². The van der Waals surface area contributed by atoms with E-state index in [4.69, 9.17) is 4.74 Å². The maximum Gasteiger partial charge on any atom is 0.165 e. The van der Waals surface area contributed by atoms with Gasteiger partial charge in [0.25, 0.3) is 0 Å². The van der Waals surface area contributed by atoms with E-state index in [0.29, 0.717) is 19.5 Å². The largest absolute Gasteiger partial charge is 0.494 e. The fraction of sp³-hybridized carbons (Fsp3) is 0.455. The van der Waals surface area contributed by atoms with E-state index in [0.717, 1.165) is 5.56 Å². The van der Waals surface area contributed by atoms with Gasteiger partial charge in [0.05, 0.1) is 12.7 Å². The molecule has 1 aromatic carbocycles. The second-order valence-electron chi connectivity index (χ2n) is 3.97. The van der Waals surface area contributed by atoms with Gasteiger partial charge in [0.15, 0.2) is 11.6 Å². The lowest BCUT2D eigenvalue weighted by atomic mass is 9.89. The molecule has 82 valence electrons. The lowest BCUT2D eigenvalue weighted by Gasteiger charge is -2.37. The van der Waals surface area contributed by atoms with E-state index in [1.807, 2.05) is 0 Å². The Kier molecular flexibility index (Phi) is 2.63. The number of halogens is 1. The monoisotopic (exact) mass is 211 g/mol. The van der Waals surface area contributed by atoms with Crippen LogP contribution in [0.5, 0.6) is 5.75 Å². The SMILES string of the molecule is COc1ccc(CC2(O)CNC2)cc1F. The summed E-state index contributed by atoms with van der Waals surface area (Å²) in [6.45, 7) is 1.14. The van der Waals surface area contributed by atoms with Crippen LogP contribution in [0.1, 0.15) is 5.56 Å². The molecule has 15 heavy (non-hydrogen) atoms. The maximum atomic E-state index is 13.3. The topological polar surface area (TPSA) is 41.5 Å². The van der Waals surface area contributed by atoms with Crippen molar-refractivity contribution < 1.29 is 14.2 Å². The molecular weight excluding hydrogens is 197 g/mol. The van der Waals surface area contributed by atoms with Crippen molar-refractivity contribution in [2.75, 3.05) is 20.2 Å². The molecule has 1 saturated heterocycles. The number of β-amino-alcohol motifs (C(OH)–C–C–N with tert-alkyl or cyclic N) is 1.